The third-order valence-corrected chi connectivity index (χ3v) is 6.82. The highest BCUT2D eigenvalue weighted by Crippen LogP contribution is 2.59. The zero-order valence-electron chi connectivity index (χ0n) is 13.1. The summed E-state index contributed by atoms with van der Waals surface area (Å²) in [6, 6.07) is 4.54. The number of carbonyl (C=O) groups is 1. The molecule has 1 aromatic carbocycles. The highest BCUT2D eigenvalue weighted by Gasteiger charge is 2.54. The van der Waals surface area contributed by atoms with E-state index in [2.05, 4.69) is 26.0 Å². The number of carbonyl (C=O) groups excluding carboxylic acids is 1. The highest BCUT2D eigenvalue weighted by molar-refractivity contribution is 5.87. The Labute approximate surface area is 127 Å². The quantitative estimate of drug-likeness (QED) is 0.731. The van der Waals surface area contributed by atoms with Gasteiger partial charge in [-0.1, -0.05) is 13.0 Å². The lowest BCUT2D eigenvalue weighted by Gasteiger charge is -2.48. The molecule has 2 heteroatoms. The molecule has 0 heterocycles. The van der Waals surface area contributed by atoms with Crippen LogP contribution in [0.3, 0.4) is 0 Å². The number of Topliss-reactive ketones (excluding diaryl/α,β-unsaturated/α-hetero) is 1. The molecule has 2 fully saturated rings. The van der Waals surface area contributed by atoms with Gasteiger partial charge in [0.2, 0.25) is 0 Å². The number of benzene rings is 1. The van der Waals surface area contributed by atoms with E-state index in [4.69, 9.17) is 5.73 Å². The van der Waals surface area contributed by atoms with Crippen LogP contribution < -0.4 is 5.73 Å². The van der Waals surface area contributed by atoms with Gasteiger partial charge in [0.25, 0.3) is 0 Å². The number of hydrogen-bond donors (Lipinski definition) is 1. The normalized spacial score (nSPS) is 37.8. The van der Waals surface area contributed by atoms with Gasteiger partial charge in [0.1, 0.15) is 5.78 Å². The maximum absolute atomic E-state index is 12.3. The minimum atomic E-state index is -0.0189. The Morgan fingerprint density at radius 1 is 1.19 bits per heavy atom. The van der Waals surface area contributed by atoms with Crippen LogP contribution in [0.25, 0.3) is 0 Å². The fourth-order valence-corrected chi connectivity index (χ4v) is 5.53. The van der Waals surface area contributed by atoms with Crippen LogP contribution in [0.4, 0.5) is 5.69 Å². The van der Waals surface area contributed by atoms with Gasteiger partial charge in [0.15, 0.2) is 0 Å². The van der Waals surface area contributed by atoms with Crippen LogP contribution in [0.5, 0.6) is 0 Å². The summed E-state index contributed by atoms with van der Waals surface area (Å²) in [4.78, 5) is 12.3. The molecule has 3 aliphatic carbocycles. The second kappa shape index (κ2) is 4.34. The standard InChI is InChI=1S/C19H25NO/c1-11-9-12-3-4-14-13(15(12)10-17(11)20)7-8-19(2)16(14)5-6-18(19)21/h9-10,13-14,16H,3-8,20H2,1-2H3. The molecule has 0 radical (unpaired) electrons. The fraction of sp³-hybridized carbons (Fsp3) is 0.632. The maximum atomic E-state index is 12.3. The zero-order chi connectivity index (χ0) is 14.8. The molecule has 1 aromatic rings. The molecule has 0 bridgehead atoms. The molecule has 0 spiro atoms. The molecule has 2 nitrogen and oxygen atoms in total. The van der Waals surface area contributed by atoms with Crippen LogP contribution in [0.15, 0.2) is 12.1 Å². The summed E-state index contributed by atoms with van der Waals surface area (Å²) < 4.78 is 0. The first kappa shape index (κ1) is 13.4. The van der Waals surface area contributed by atoms with Crippen molar-refractivity contribution in [3.8, 4) is 0 Å². The van der Waals surface area contributed by atoms with E-state index in [-0.39, 0.29) is 5.41 Å². The number of rotatable bonds is 0. The Balaban J connectivity index is 1.75. The van der Waals surface area contributed by atoms with Crippen molar-refractivity contribution in [1.82, 2.24) is 0 Å². The van der Waals surface area contributed by atoms with Crippen molar-refractivity contribution in [2.24, 2.45) is 17.3 Å². The van der Waals surface area contributed by atoms with Gasteiger partial charge in [-0.15, -0.1) is 0 Å². The Hall–Kier alpha value is -1.31. The summed E-state index contributed by atoms with van der Waals surface area (Å²) >= 11 is 0. The second-order valence-corrected chi connectivity index (χ2v) is 7.74. The number of fused-ring (bicyclic) bond motifs is 5. The van der Waals surface area contributed by atoms with Crippen LogP contribution >= 0.6 is 0 Å². The summed E-state index contributed by atoms with van der Waals surface area (Å²) in [6.07, 6.45) is 6.59. The van der Waals surface area contributed by atoms with E-state index in [0.29, 0.717) is 23.5 Å². The number of aryl methyl sites for hydroxylation is 2. The first-order valence-corrected chi connectivity index (χ1v) is 8.43. The molecule has 0 aliphatic heterocycles. The van der Waals surface area contributed by atoms with Gasteiger partial charge in [0, 0.05) is 17.5 Å². The number of ketones is 1. The van der Waals surface area contributed by atoms with Gasteiger partial charge in [-0.25, -0.2) is 0 Å². The van der Waals surface area contributed by atoms with E-state index in [1.165, 1.54) is 36.0 Å². The van der Waals surface area contributed by atoms with E-state index < -0.39 is 0 Å². The highest BCUT2D eigenvalue weighted by atomic mass is 16.1. The summed E-state index contributed by atoms with van der Waals surface area (Å²) in [5.74, 6) is 2.48. The summed E-state index contributed by atoms with van der Waals surface area (Å²) in [5, 5.41) is 0. The molecule has 2 saturated carbocycles. The third-order valence-electron chi connectivity index (χ3n) is 6.82. The largest absolute Gasteiger partial charge is 0.399 e. The van der Waals surface area contributed by atoms with Gasteiger partial charge in [-0.05, 0) is 79.5 Å². The SMILES string of the molecule is Cc1cc2c(cc1N)C1CCC3(C)C(=O)CCC3C1CC2. The Kier molecular flexibility index (Phi) is 2.76. The zero-order valence-corrected chi connectivity index (χ0v) is 13.1. The van der Waals surface area contributed by atoms with Crippen LogP contribution in [-0.2, 0) is 11.2 Å². The molecular formula is C19H25NO. The van der Waals surface area contributed by atoms with Crippen molar-refractivity contribution < 1.29 is 4.79 Å². The van der Waals surface area contributed by atoms with E-state index in [1.807, 2.05) is 0 Å². The summed E-state index contributed by atoms with van der Waals surface area (Å²) in [5.41, 5.74) is 11.3. The van der Waals surface area contributed by atoms with E-state index in [9.17, 15) is 4.79 Å². The molecule has 21 heavy (non-hydrogen) atoms. The molecule has 0 aromatic heterocycles. The molecule has 0 amide bonds. The number of nitrogens with two attached hydrogens (primary N) is 1. The second-order valence-electron chi connectivity index (χ2n) is 7.74. The predicted molar refractivity (Wildman–Crippen MR) is 85.2 cm³/mol. The van der Waals surface area contributed by atoms with Gasteiger partial charge in [-0.2, -0.15) is 0 Å². The Morgan fingerprint density at radius 2 is 2.00 bits per heavy atom. The lowest BCUT2D eigenvalue weighted by Crippen LogP contribution is -2.42. The number of nitrogen functional groups attached to an aromatic ring is 1. The lowest BCUT2D eigenvalue weighted by atomic mass is 9.55. The monoisotopic (exact) mass is 283 g/mol. The minimum absolute atomic E-state index is 0.0189. The maximum Gasteiger partial charge on any atom is 0.139 e. The van der Waals surface area contributed by atoms with Crippen molar-refractivity contribution in [2.45, 2.75) is 58.3 Å². The van der Waals surface area contributed by atoms with Crippen molar-refractivity contribution in [3.05, 3.63) is 28.8 Å². The number of hydrogen-bond acceptors (Lipinski definition) is 2. The molecule has 4 rings (SSSR count). The van der Waals surface area contributed by atoms with Gasteiger partial charge in [-0.3, -0.25) is 4.79 Å². The van der Waals surface area contributed by atoms with Gasteiger partial charge in [0.05, 0.1) is 0 Å². The molecule has 4 atom stereocenters. The molecule has 3 aliphatic rings. The molecule has 112 valence electrons. The predicted octanol–water partition coefficient (Wildman–Crippen LogP) is 4.00. The minimum Gasteiger partial charge on any atom is -0.399 e. The lowest BCUT2D eigenvalue weighted by molar-refractivity contribution is -0.129. The van der Waals surface area contributed by atoms with Crippen molar-refractivity contribution in [2.75, 3.05) is 5.73 Å². The van der Waals surface area contributed by atoms with Crippen LogP contribution in [-0.4, -0.2) is 5.78 Å². The Morgan fingerprint density at radius 3 is 2.81 bits per heavy atom. The van der Waals surface area contributed by atoms with E-state index in [1.54, 1.807) is 0 Å². The average Bonchev–Trinajstić information content (AvgIpc) is 2.76. The average molecular weight is 283 g/mol. The van der Waals surface area contributed by atoms with Crippen molar-refractivity contribution in [1.29, 1.82) is 0 Å². The summed E-state index contributed by atoms with van der Waals surface area (Å²) in [6.45, 7) is 4.34. The molecule has 4 unspecified atom stereocenters. The smallest absolute Gasteiger partial charge is 0.139 e. The van der Waals surface area contributed by atoms with Crippen LogP contribution in [0.2, 0.25) is 0 Å². The fourth-order valence-electron chi connectivity index (χ4n) is 5.53. The summed E-state index contributed by atoms with van der Waals surface area (Å²) in [7, 11) is 0. The number of anilines is 1. The Bertz CT molecular complexity index is 620. The van der Waals surface area contributed by atoms with Crippen molar-refractivity contribution >= 4 is 11.5 Å². The van der Waals surface area contributed by atoms with Crippen LogP contribution in [0.1, 0.15) is 61.6 Å². The van der Waals surface area contributed by atoms with Crippen molar-refractivity contribution in [3.63, 3.8) is 0 Å². The molecule has 0 saturated heterocycles. The van der Waals surface area contributed by atoms with E-state index >= 15 is 0 Å². The van der Waals surface area contributed by atoms with Crippen LogP contribution in [0, 0.1) is 24.2 Å². The topological polar surface area (TPSA) is 43.1 Å². The van der Waals surface area contributed by atoms with E-state index in [0.717, 1.165) is 24.9 Å². The first-order chi connectivity index (χ1) is 10.0. The third kappa shape index (κ3) is 1.74. The molecule has 2 N–H and O–H groups in total. The van der Waals surface area contributed by atoms with Gasteiger partial charge < -0.3 is 5.73 Å². The first-order valence-electron chi connectivity index (χ1n) is 8.43. The molecular weight excluding hydrogens is 258 g/mol. The van der Waals surface area contributed by atoms with Gasteiger partial charge >= 0.3 is 0 Å².